The van der Waals surface area contributed by atoms with Crippen LogP contribution in [0.3, 0.4) is 0 Å². The van der Waals surface area contributed by atoms with Gasteiger partial charge in [0.2, 0.25) is 53.2 Å². The topological polar surface area (TPSA) is 510 Å². The number of unbranched alkanes of at least 4 members (excludes halogenated alkanes) is 18. The Balaban J connectivity index is 2.23. The molecule has 5 unspecified atom stereocenters. The Labute approximate surface area is 561 Å². The lowest BCUT2D eigenvalue weighted by Crippen LogP contribution is -2.64. The highest BCUT2D eigenvalue weighted by atomic mass is 16.5. The van der Waals surface area contributed by atoms with Gasteiger partial charge in [0.15, 0.2) is 24.2 Å². The number of carboxylic acid groups (broad SMARTS) is 2. The average Bonchev–Trinajstić information content (AvgIpc) is 1.49. The number of hydrogen-bond acceptors (Lipinski definition) is 20. The van der Waals surface area contributed by atoms with Crippen molar-refractivity contribution >= 4 is 77.0 Å². The summed E-state index contributed by atoms with van der Waals surface area (Å²) >= 11 is 0. The first-order valence-corrected chi connectivity index (χ1v) is 34.3. The van der Waals surface area contributed by atoms with E-state index >= 15 is 4.79 Å². The number of fused-ring (bicyclic) bond motifs is 2. The zero-order valence-corrected chi connectivity index (χ0v) is 56.2. The molecule has 0 aromatic rings. The number of nitrogens with two attached hydrogens (primary N) is 2. The summed E-state index contributed by atoms with van der Waals surface area (Å²) in [6.45, 7) is 4.39. The van der Waals surface area contributed by atoms with E-state index in [1.807, 2.05) is 16.0 Å². The Morgan fingerprint density at radius 3 is 1.68 bits per heavy atom. The van der Waals surface area contributed by atoms with E-state index < -0.39 is 188 Å². The van der Waals surface area contributed by atoms with Crippen LogP contribution >= 0.6 is 0 Å². The zero-order valence-electron chi connectivity index (χ0n) is 56.2. The van der Waals surface area contributed by atoms with E-state index in [9.17, 15) is 93.6 Å². The van der Waals surface area contributed by atoms with Crippen LogP contribution in [0.25, 0.3) is 0 Å². The number of rotatable bonds is 34. The molecule has 3 saturated heterocycles. The van der Waals surface area contributed by atoms with Gasteiger partial charge in [0.05, 0.1) is 37.8 Å². The fourth-order valence-corrected chi connectivity index (χ4v) is 12.1. The van der Waals surface area contributed by atoms with E-state index in [0.717, 1.165) is 88.9 Å². The molecule has 0 spiro atoms. The predicted octanol–water partition coefficient (Wildman–Crippen LogP) is -0.887. The SMILES string of the molecule is CCCCCCCCCCCCCC(O)CC(=O)N1C(=O)CC(CCCCCCCCCCC)OC(=O)[C@H]([C@H](O)C(=O)O)NC(=O)[C@@H]2[C@@H](O)CCN2C(=O)C(CO)NC(=O)[C@@H]([C@@H](O)C(=O)O)NC(=O)C(CCCN=C(N)N)NC(=O)[C@@H]2CCCN2C(=O)[C@@H](C)NC(=O)C1[C@@H](C)O. The quantitative estimate of drug-likeness (QED) is 0.0161. The standard InChI is InChI=1S/C64H109N11O21/c1-5-7-9-11-13-15-16-18-19-21-23-27-40(78)35-46(80)75-47(81)36-41(28-24-22-20-17-14-12-10-8-6-2)96-63(95)49(53(83)62(93)94)72-58(88)51-45(79)31-34-74(51)60(90)43(37-76)70-56(86)48(52(82)61(91)92)71-54(84)42(29-25-32-67-64(65)66)69-55(85)44-30-26-33-73(44)59(89)38(3)68-57(87)50(75)39(4)77/h38-45,48-53,76-79,82-83H,5-37H2,1-4H3,(H,68,87)(H,69,85)(H,70,86)(H,71,84)(H,72,88)(H,91,92)(H,93,94)(H4,65,66,67)/t38-,39-,40?,41?,42?,43?,44+,45+,48-,49+,50?,51+,52-,53+/m1/s1. The lowest BCUT2D eigenvalue weighted by molar-refractivity contribution is -0.167. The predicted molar refractivity (Wildman–Crippen MR) is 346 cm³/mol. The number of guanidine groups is 1. The van der Waals surface area contributed by atoms with Crippen LogP contribution in [0.5, 0.6) is 0 Å². The minimum Gasteiger partial charge on any atom is -0.479 e. The monoisotopic (exact) mass is 1370 g/mol. The van der Waals surface area contributed by atoms with Gasteiger partial charge in [-0.3, -0.25) is 53.0 Å². The van der Waals surface area contributed by atoms with Gasteiger partial charge in [-0.15, -0.1) is 0 Å². The molecular weight excluding hydrogens is 1260 g/mol. The van der Waals surface area contributed by atoms with Crippen LogP contribution in [-0.2, 0) is 62.3 Å². The molecule has 32 heteroatoms. The molecule has 3 aliphatic heterocycles. The molecule has 96 heavy (non-hydrogen) atoms. The van der Waals surface area contributed by atoms with E-state index in [-0.39, 0.29) is 64.0 Å². The van der Waals surface area contributed by atoms with Gasteiger partial charge in [0.25, 0.3) is 0 Å². The number of nitrogens with zero attached hydrogens (tertiary/aromatic N) is 4. The van der Waals surface area contributed by atoms with Crippen LogP contribution in [0, 0.1) is 0 Å². The molecule has 3 fully saturated rings. The van der Waals surface area contributed by atoms with Crippen LogP contribution in [0.15, 0.2) is 4.99 Å². The second-order valence-electron chi connectivity index (χ2n) is 25.5. The first kappa shape index (κ1) is 83.1. The first-order valence-electron chi connectivity index (χ1n) is 34.3. The number of amides is 9. The third-order valence-electron chi connectivity index (χ3n) is 17.5. The summed E-state index contributed by atoms with van der Waals surface area (Å²) in [5.74, 6) is -17.7. The maximum absolute atomic E-state index is 15.1. The molecular formula is C64H109N11O21. The number of cyclic esters (lactones) is 1. The van der Waals surface area contributed by atoms with Crippen LogP contribution in [0.4, 0.5) is 0 Å². The number of aliphatic imine (C=N–C) groups is 1. The van der Waals surface area contributed by atoms with E-state index in [1.54, 1.807) is 0 Å². The number of esters is 1. The van der Waals surface area contributed by atoms with Gasteiger partial charge in [-0.25, -0.2) is 14.4 Å². The highest BCUT2D eigenvalue weighted by Gasteiger charge is 2.48. The van der Waals surface area contributed by atoms with Gasteiger partial charge < -0.3 is 93.4 Å². The third kappa shape index (κ3) is 27.4. The molecule has 3 rings (SSSR count). The van der Waals surface area contributed by atoms with Gasteiger partial charge in [-0.05, 0) is 65.2 Å². The van der Waals surface area contributed by atoms with E-state index in [1.165, 1.54) is 26.2 Å². The number of ether oxygens (including phenoxy) is 1. The molecule has 0 aliphatic carbocycles. The van der Waals surface area contributed by atoms with Crippen LogP contribution in [-0.4, -0.2) is 244 Å². The minimum absolute atomic E-state index is 0.0358. The maximum atomic E-state index is 15.1. The van der Waals surface area contributed by atoms with Crippen LogP contribution in [0.2, 0.25) is 0 Å². The average molecular weight is 1370 g/mol. The highest BCUT2D eigenvalue weighted by Crippen LogP contribution is 2.25. The van der Waals surface area contributed by atoms with Crippen molar-refractivity contribution in [2.24, 2.45) is 16.5 Å². The molecule has 546 valence electrons. The molecule has 32 nitrogen and oxygen atoms in total. The summed E-state index contributed by atoms with van der Waals surface area (Å²) < 4.78 is 5.78. The van der Waals surface area contributed by atoms with Gasteiger partial charge in [0, 0.05) is 19.6 Å². The number of carboxylic acids is 2. The highest BCUT2D eigenvalue weighted by molar-refractivity contribution is 6.03. The summed E-state index contributed by atoms with van der Waals surface area (Å²) in [5, 5.41) is 97.4. The summed E-state index contributed by atoms with van der Waals surface area (Å²) in [6.07, 6.45) is 3.14. The van der Waals surface area contributed by atoms with Crippen molar-refractivity contribution in [3.8, 4) is 0 Å². The minimum atomic E-state index is -2.85. The van der Waals surface area contributed by atoms with Crippen molar-refractivity contribution in [2.75, 3.05) is 26.2 Å². The molecule has 0 bridgehead atoms. The fraction of sp³-hybridized carbons (Fsp3) is 0.797. The van der Waals surface area contributed by atoms with E-state index in [2.05, 4.69) is 29.5 Å². The molecule has 9 amide bonds. The molecule has 0 aromatic heterocycles. The summed E-state index contributed by atoms with van der Waals surface area (Å²) in [5.41, 5.74) is 11.0. The molecule has 3 aliphatic rings. The van der Waals surface area contributed by atoms with Crippen molar-refractivity contribution in [1.29, 1.82) is 0 Å². The smallest absolute Gasteiger partial charge is 0.335 e. The second kappa shape index (κ2) is 43.9. The number of carbonyl (C=O) groups is 12. The van der Waals surface area contributed by atoms with Crippen molar-refractivity contribution in [2.45, 2.75) is 299 Å². The number of aliphatic carboxylic acids is 2. The number of aliphatic hydroxyl groups is 6. The Kier molecular flexibility index (Phi) is 38.0. The maximum Gasteiger partial charge on any atom is 0.335 e. The number of hydrogen-bond donors (Lipinski definition) is 15. The van der Waals surface area contributed by atoms with Crippen LogP contribution in [0.1, 0.15) is 214 Å². The third-order valence-corrected chi connectivity index (χ3v) is 17.5. The normalized spacial score (nSPS) is 25.4. The number of aliphatic hydroxyl groups excluding tert-OH is 6. The van der Waals surface area contributed by atoms with Crippen LogP contribution < -0.4 is 38.1 Å². The Morgan fingerprint density at radius 2 is 1.14 bits per heavy atom. The number of imide groups is 1. The van der Waals surface area contributed by atoms with Crippen molar-refractivity contribution in [1.82, 2.24) is 41.3 Å². The Morgan fingerprint density at radius 1 is 0.604 bits per heavy atom. The van der Waals surface area contributed by atoms with Crippen molar-refractivity contribution in [3.63, 3.8) is 0 Å². The molecule has 17 N–H and O–H groups in total. The van der Waals surface area contributed by atoms with Gasteiger partial charge in [-0.2, -0.15) is 0 Å². The number of nitrogens with one attached hydrogen (secondary N) is 5. The fourth-order valence-electron chi connectivity index (χ4n) is 12.1. The molecule has 0 radical (unpaired) electrons. The van der Waals surface area contributed by atoms with Gasteiger partial charge >= 0.3 is 17.9 Å². The van der Waals surface area contributed by atoms with E-state index in [0.29, 0.717) is 35.5 Å². The Bertz CT molecular complexity index is 2580. The summed E-state index contributed by atoms with van der Waals surface area (Å²) in [7, 11) is 0. The zero-order chi connectivity index (χ0) is 71.6. The lowest BCUT2D eigenvalue weighted by atomic mass is 10.0. The summed E-state index contributed by atoms with van der Waals surface area (Å²) in [4.78, 5) is 175. The van der Waals surface area contributed by atoms with Crippen molar-refractivity contribution < 1.29 is 103 Å². The largest absolute Gasteiger partial charge is 0.479 e. The molecule has 0 aromatic carbocycles. The first-order chi connectivity index (χ1) is 45.6. The Hall–Kier alpha value is -7.13. The van der Waals surface area contributed by atoms with E-state index in [4.69, 9.17) is 16.2 Å². The van der Waals surface area contributed by atoms with Gasteiger partial charge in [-0.1, -0.05) is 136 Å². The molecule has 0 saturated carbocycles. The summed E-state index contributed by atoms with van der Waals surface area (Å²) in [6, 6.07) is -16.3. The second-order valence-corrected chi connectivity index (χ2v) is 25.5. The molecule has 3 heterocycles. The van der Waals surface area contributed by atoms with Gasteiger partial charge in [0.1, 0.15) is 48.4 Å². The number of carbonyl (C=O) groups excluding carboxylic acids is 10. The molecule has 14 atom stereocenters. The van der Waals surface area contributed by atoms with Crippen molar-refractivity contribution in [3.05, 3.63) is 0 Å². The lowest BCUT2D eigenvalue weighted by Gasteiger charge is -2.34.